The number of carbonyl (C=O) groups is 1. The third-order valence-corrected chi connectivity index (χ3v) is 5.50. The van der Waals surface area contributed by atoms with Crippen LogP contribution in [0.2, 0.25) is 0 Å². The maximum atomic E-state index is 13.4. The molecule has 0 aliphatic carbocycles. The van der Waals surface area contributed by atoms with Crippen molar-refractivity contribution in [3.05, 3.63) is 65.8 Å². The van der Waals surface area contributed by atoms with Crippen LogP contribution in [0.4, 0.5) is 10.1 Å². The van der Waals surface area contributed by atoms with Gasteiger partial charge in [-0.25, -0.2) is 14.4 Å². The quantitative estimate of drug-likeness (QED) is 0.583. The Hall–Kier alpha value is -3.39. The lowest BCUT2D eigenvalue weighted by atomic mass is 10.0. The smallest absolute Gasteiger partial charge is 0.228 e. The molecule has 1 amide bonds. The zero-order valence-corrected chi connectivity index (χ0v) is 18.3. The van der Waals surface area contributed by atoms with E-state index in [1.165, 1.54) is 25.0 Å². The maximum absolute atomic E-state index is 13.4. The molecule has 0 spiro atoms. The van der Waals surface area contributed by atoms with Crippen molar-refractivity contribution in [3.63, 3.8) is 0 Å². The number of carbonyl (C=O) groups excluding carboxylic acids is 1. The molecule has 8 heteroatoms. The van der Waals surface area contributed by atoms with E-state index in [4.69, 9.17) is 4.74 Å². The van der Waals surface area contributed by atoms with E-state index in [0.717, 1.165) is 54.1 Å². The zero-order chi connectivity index (χ0) is 22.5. The van der Waals surface area contributed by atoms with Crippen molar-refractivity contribution in [1.29, 1.82) is 0 Å². The Morgan fingerprint density at radius 2 is 1.94 bits per heavy atom. The topological polar surface area (TPSA) is 80.2 Å². The number of amides is 1. The number of aromatic nitrogens is 3. The lowest BCUT2D eigenvalue weighted by Crippen LogP contribution is -2.39. The molecule has 166 valence electrons. The van der Waals surface area contributed by atoms with Crippen molar-refractivity contribution in [2.45, 2.75) is 26.7 Å². The molecule has 3 heterocycles. The second-order valence-electron chi connectivity index (χ2n) is 7.91. The van der Waals surface area contributed by atoms with E-state index >= 15 is 0 Å². The summed E-state index contributed by atoms with van der Waals surface area (Å²) in [5.74, 6) is -0.00115. The lowest BCUT2D eigenvalue weighted by molar-refractivity contribution is -0.115. The van der Waals surface area contributed by atoms with Gasteiger partial charge in [-0.1, -0.05) is 0 Å². The molecule has 3 aromatic rings. The summed E-state index contributed by atoms with van der Waals surface area (Å²) in [6.45, 7) is 7.55. The van der Waals surface area contributed by atoms with Crippen LogP contribution < -0.4 is 10.1 Å². The fraction of sp³-hybridized carbons (Fsp3) is 0.333. The first-order valence-corrected chi connectivity index (χ1v) is 10.7. The van der Waals surface area contributed by atoms with Gasteiger partial charge < -0.3 is 10.1 Å². The Balaban J connectivity index is 1.56. The molecule has 0 radical (unpaired) electrons. The highest BCUT2D eigenvalue weighted by molar-refractivity contribution is 5.93. The van der Waals surface area contributed by atoms with Crippen molar-refractivity contribution in [3.8, 4) is 16.9 Å². The van der Waals surface area contributed by atoms with Crippen LogP contribution in [-0.4, -0.2) is 52.0 Å². The highest BCUT2D eigenvalue weighted by Gasteiger charge is 2.17. The summed E-state index contributed by atoms with van der Waals surface area (Å²) < 4.78 is 19.5. The summed E-state index contributed by atoms with van der Waals surface area (Å²) in [5.41, 5.74) is 4.51. The van der Waals surface area contributed by atoms with Gasteiger partial charge >= 0.3 is 0 Å². The van der Waals surface area contributed by atoms with E-state index in [9.17, 15) is 9.18 Å². The van der Waals surface area contributed by atoms with E-state index in [1.54, 1.807) is 6.07 Å². The van der Waals surface area contributed by atoms with Gasteiger partial charge in [0.1, 0.15) is 24.5 Å². The van der Waals surface area contributed by atoms with Gasteiger partial charge in [0.25, 0.3) is 0 Å². The second-order valence-corrected chi connectivity index (χ2v) is 7.91. The van der Waals surface area contributed by atoms with Gasteiger partial charge in [-0.2, -0.15) is 0 Å². The highest BCUT2D eigenvalue weighted by atomic mass is 19.1. The van der Waals surface area contributed by atoms with Gasteiger partial charge in [0.2, 0.25) is 5.91 Å². The van der Waals surface area contributed by atoms with Gasteiger partial charge in [0, 0.05) is 40.9 Å². The molecule has 1 aliphatic heterocycles. The molecule has 4 rings (SSSR count). The van der Waals surface area contributed by atoms with Crippen molar-refractivity contribution < 1.29 is 13.9 Å². The van der Waals surface area contributed by atoms with Gasteiger partial charge in [0.05, 0.1) is 12.6 Å². The van der Waals surface area contributed by atoms with Gasteiger partial charge in [0.15, 0.2) is 0 Å². The molecule has 32 heavy (non-hydrogen) atoms. The van der Waals surface area contributed by atoms with Gasteiger partial charge in [-0.3, -0.25) is 14.7 Å². The number of rotatable bonds is 8. The summed E-state index contributed by atoms with van der Waals surface area (Å²) in [5, 5.41) is 2.88. The molecule has 0 atom stereocenters. The Morgan fingerprint density at radius 1 is 1.16 bits per heavy atom. The highest BCUT2D eigenvalue weighted by Crippen LogP contribution is 2.35. The Kier molecular flexibility index (Phi) is 6.70. The van der Waals surface area contributed by atoms with E-state index in [1.807, 2.05) is 26.0 Å². The monoisotopic (exact) mass is 435 g/mol. The standard InChI is InChI=1S/C24H26FN5O2/c1-16-24(17(2)28-15-27-16)21-12-20(4-5-22(21)32-9-8-30-6-3-7-30)29-23(31)11-18-10-19(25)14-26-13-18/h4-5,10,12-15H,3,6-9,11H2,1-2H3,(H,29,31). The fourth-order valence-electron chi connectivity index (χ4n) is 3.74. The minimum absolute atomic E-state index is 0.0285. The predicted molar refractivity (Wildman–Crippen MR) is 120 cm³/mol. The van der Waals surface area contributed by atoms with Crippen molar-refractivity contribution in [2.24, 2.45) is 0 Å². The Morgan fingerprint density at radius 3 is 2.62 bits per heavy atom. The molecular weight excluding hydrogens is 409 g/mol. The molecule has 2 aromatic heterocycles. The Bertz CT molecular complexity index is 1100. The maximum Gasteiger partial charge on any atom is 0.228 e. The second kappa shape index (κ2) is 9.82. The number of hydrogen-bond donors (Lipinski definition) is 1. The van der Waals surface area contributed by atoms with Crippen molar-refractivity contribution in [2.75, 3.05) is 31.6 Å². The number of pyridine rings is 1. The van der Waals surface area contributed by atoms with E-state index in [-0.39, 0.29) is 12.3 Å². The minimum atomic E-state index is -0.465. The van der Waals surface area contributed by atoms with Crippen LogP contribution in [-0.2, 0) is 11.2 Å². The number of nitrogens with one attached hydrogen (secondary N) is 1. The zero-order valence-electron chi connectivity index (χ0n) is 18.3. The summed E-state index contributed by atoms with van der Waals surface area (Å²) >= 11 is 0. The summed E-state index contributed by atoms with van der Waals surface area (Å²) in [6, 6.07) is 6.84. The average molecular weight is 436 g/mol. The molecule has 1 aromatic carbocycles. The van der Waals surface area contributed by atoms with E-state index in [0.29, 0.717) is 17.9 Å². The first kappa shape index (κ1) is 21.8. The van der Waals surface area contributed by atoms with Gasteiger partial charge in [-0.15, -0.1) is 0 Å². The number of anilines is 1. The molecular formula is C24H26FN5O2. The Labute approximate surface area is 186 Å². The fourth-order valence-corrected chi connectivity index (χ4v) is 3.74. The number of nitrogens with zero attached hydrogens (tertiary/aromatic N) is 4. The third-order valence-electron chi connectivity index (χ3n) is 5.50. The summed E-state index contributed by atoms with van der Waals surface area (Å²) in [6.07, 6.45) is 5.40. The summed E-state index contributed by atoms with van der Waals surface area (Å²) in [7, 11) is 0. The van der Waals surface area contributed by atoms with Crippen LogP contribution in [0, 0.1) is 19.7 Å². The van der Waals surface area contributed by atoms with Gasteiger partial charge in [-0.05, 0) is 63.2 Å². The van der Waals surface area contributed by atoms with E-state index in [2.05, 4.69) is 25.2 Å². The van der Waals surface area contributed by atoms with Crippen LogP contribution in [0.1, 0.15) is 23.4 Å². The van der Waals surface area contributed by atoms with Crippen LogP contribution in [0.15, 0.2) is 43.0 Å². The normalized spacial score (nSPS) is 13.5. The third kappa shape index (κ3) is 5.26. The molecule has 1 N–H and O–H groups in total. The summed E-state index contributed by atoms with van der Waals surface area (Å²) in [4.78, 5) is 27.3. The molecule has 0 unspecified atom stereocenters. The molecule has 1 fully saturated rings. The predicted octanol–water partition coefficient (Wildman–Crippen LogP) is 3.56. The first-order valence-electron chi connectivity index (χ1n) is 10.7. The SMILES string of the molecule is Cc1ncnc(C)c1-c1cc(NC(=O)Cc2cncc(F)c2)ccc1OCCN1CCC1. The van der Waals surface area contributed by atoms with Crippen LogP contribution in [0.25, 0.3) is 11.1 Å². The van der Waals surface area contributed by atoms with Crippen molar-refractivity contribution in [1.82, 2.24) is 19.9 Å². The molecule has 1 aliphatic rings. The van der Waals surface area contributed by atoms with Crippen LogP contribution in [0.5, 0.6) is 5.75 Å². The lowest BCUT2D eigenvalue weighted by Gasteiger charge is -2.30. The molecule has 0 bridgehead atoms. The molecule has 7 nitrogen and oxygen atoms in total. The van der Waals surface area contributed by atoms with Crippen molar-refractivity contribution >= 4 is 11.6 Å². The first-order chi connectivity index (χ1) is 15.5. The molecule has 1 saturated heterocycles. The number of halogens is 1. The van der Waals surface area contributed by atoms with Crippen LogP contribution >= 0.6 is 0 Å². The minimum Gasteiger partial charge on any atom is -0.492 e. The van der Waals surface area contributed by atoms with Crippen LogP contribution in [0.3, 0.4) is 0 Å². The number of benzene rings is 1. The number of ether oxygens (including phenoxy) is 1. The molecule has 0 saturated carbocycles. The average Bonchev–Trinajstić information content (AvgIpc) is 2.71. The van der Waals surface area contributed by atoms with E-state index < -0.39 is 5.82 Å². The largest absolute Gasteiger partial charge is 0.492 e. The number of hydrogen-bond acceptors (Lipinski definition) is 6. The number of aryl methyl sites for hydroxylation is 2. The number of likely N-dealkylation sites (tertiary alicyclic amines) is 1.